The van der Waals surface area contributed by atoms with E-state index in [1.54, 1.807) is 7.11 Å². The van der Waals surface area contributed by atoms with Gasteiger partial charge in [0.05, 0.1) is 7.11 Å². The summed E-state index contributed by atoms with van der Waals surface area (Å²) in [5.41, 5.74) is 7.04. The van der Waals surface area contributed by atoms with E-state index in [1.165, 1.54) is 0 Å². The molecule has 0 saturated carbocycles. The monoisotopic (exact) mass is 269 g/mol. The Hall–Kier alpha value is -0.870. The van der Waals surface area contributed by atoms with E-state index in [9.17, 15) is 4.21 Å². The Kier molecular flexibility index (Phi) is 6.36. The summed E-state index contributed by atoms with van der Waals surface area (Å²) in [6, 6.07) is 7.42. The second-order valence-corrected chi connectivity index (χ2v) is 6.18. The molecule has 1 aromatic carbocycles. The number of hydrogen-bond donors (Lipinski definition) is 1. The molecule has 0 heterocycles. The molecule has 0 aliphatic heterocycles. The predicted molar refractivity (Wildman–Crippen MR) is 77.3 cm³/mol. The summed E-state index contributed by atoms with van der Waals surface area (Å²) in [7, 11) is 0.755. The van der Waals surface area contributed by atoms with Crippen molar-refractivity contribution in [3.05, 3.63) is 29.8 Å². The molecular weight excluding hydrogens is 246 g/mol. The van der Waals surface area contributed by atoms with E-state index in [1.807, 2.05) is 24.3 Å². The van der Waals surface area contributed by atoms with Crippen molar-refractivity contribution >= 4 is 10.8 Å². The smallest absolute Gasteiger partial charge is 0.123 e. The second kappa shape index (κ2) is 7.54. The van der Waals surface area contributed by atoms with E-state index < -0.39 is 10.8 Å². The largest absolute Gasteiger partial charge is 0.496 e. The van der Waals surface area contributed by atoms with Crippen molar-refractivity contribution in [2.45, 2.75) is 26.3 Å². The van der Waals surface area contributed by atoms with Crippen LogP contribution in [0.4, 0.5) is 0 Å². The van der Waals surface area contributed by atoms with Crippen LogP contribution in [0.2, 0.25) is 0 Å². The molecule has 0 fully saturated rings. The zero-order valence-corrected chi connectivity index (χ0v) is 12.2. The number of ether oxygens (including phenoxy) is 1. The van der Waals surface area contributed by atoms with Crippen LogP contribution in [-0.4, -0.2) is 22.8 Å². The summed E-state index contributed by atoms with van der Waals surface area (Å²) in [6.45, 7) is 4.23. The van der Waals surface area contributed by atoms with Crippen molar-refractivity contribution in [3.63, 3.8) is 0 Å². The van der Waals surface area contributed by atoms with Crippen LogP contribution in [-0.2, 0) is 10.8 Å². The Morgan fingerprint density at radius 2 is 2.00 bits per heavy atom. The first kappa shape index (κ1) is 15.2. The fourth-order valence-corrected chi connectivity index (χ4v) is 3.35. The molecule has 4 heteroatoms. The maximum atomic E-state index is 12.0. The Morgan fingerprint density at radius 3 is 2.61 bits per heavy atom. The summed E-state index contributed by atoms with van der Waals surface area (Å²) < 4.78 is 17.3. The first-order valence-corrected chi connectivity index (χ1v) is 7.80. The van der Waals surface area contributed by atoms with Gasteiger partial charge in [-0.05, 0) is 12.0 Å². The minimum absolute atomic E-state index is 0.231. The molecule has 1 rings (SSSR count). The minimum atomic E-state index is -0.871. The highest BCUT2D eigenvalue weighted by Crippen LogP contribution is 2.24. The Labute approximate surface area is 112 Å². The maximum absolute atomic E-state index is 12.0. The lowest BCUT2D eigenvalue weighted by molar-refractivity contribution is 0.407. The van der Waals surface area contributed by atoms with Gasteiger partial charge in [0.25, 0.3) is 0 Å². The van der Waals surface area contributed by atoms with Crippen LogP contribution in [0.15, 0.2) is 24.3 Å². The third kappa shape index (κ3) is 4.42. The van der Waals surface area contributed by atoms with E-state index >= 15 is 0 Å². The van der Waals surface area contributed by atoms with Crippen molar-refractivity contribution in [3.8, 4) is 5.75 Å². The molecule has 0 spiro atoms. The standard InChI is InChI=1S/C14H23NO2S/c1-4-11(2)9-18(16)10-13(15)12-7-5-6-8-14(12)17-3/h5-8,11,13H,4,9-10,15H2,1-3H3. The second-order valence-electron chi connectivity index (χ2n) is 4.64. The molecule has 0 aliphatic rings. The first-order chi connectivity index (χ1) is 8.58. The van der Waals surface area contributed by atoms with Crippen molar-refractivity contribution in [2.75, 3.05) is 18.6 Å². The van der Waals surface area contributed by atoms with Crippen LogP contribution >= 0.6 is 0 Å². The molecule has 0 aliphatic carbocycles. The molecule has 2 N–H and O–H groups in total. The minimum Gasteiger partial charge on any atom is -0.496 e. The van der Waals surface area contributed by atoms with Crippen LogP contribution in [0.3, 0.4) is 0 Å². The molecule has 18 heavy (non-hydrogen) atoms. The summed E-state index contributed by atoms with van der Waals surface area (Å²) in [5.74, 6) is 2.46. The Morgan fingerprint density at radius 1 is 1.33 bits per heavy atom. The van der Waals surface area contributed by atoms with Crippen LogP contribution < -0.4 is 10.5 Å². The lowest BCUT2D eigenvalue weighted by atomic mass is 10.1. The lowest BCUT2D eigenvalue weighted by Gasteiger charge is -2.16. The molecule has 3 unspecified atom stereocenters. The van der Waals surface area contributed by atoms with Crippen molar-refractivity contribution < 1.29 is 8.95 Å². The van der Waals surface area contributed by atoms with Gasteiger partial charge in [0.15, 0.2) is 0 Å². The van der Waals surface area contributed by atoms with Gasteiger partial charge in [-0.2, -0.15) is 0 Å². The quantitative estimate of drug-likeness (QED) is 0.827. The summed E-state index contributed by atoms with van der Waals surface area (Å²) in [4.78, 5) is 0. The topological polar surface area (TPSA) is 52.3 Å². The first-order valence-electron chi connectivity index (χ1n) is 6.31. The zero-order chi connectivity index (χ0) is 13.5. The van der Waals surface area contributed by atoms with Crippen LogP contribution in [0.5, 0.6) is 5.75 Å². The summed E-state index contributed by atoms with van der Waals surface area (Å²) >= 11 is 0. The predicted octanol–water partition coefficient (Wildman–Crippen LogP) is 2.49. The van der Waals surface area contributed by atoms with E-state index in [0.29, 0.717) is 11.7 Å². The van der Waals surface area contributed by atoms with E-state index in [2.05, 4.69) is 13.8 Å². The van der Waals surface area contributed by atoms with Gasteiger partial charge < -0.3 is 10.5 Å². The van der Waals surface area contributed by atoms with Gasteiger partial charge in [0, 0.05) is 33.9 Å². The molecule has 0 radical (unpaired) electrons. The van der Waals surface area contributed by atoms with E-state index in [0.717, 1.165) is 23.5 Å². The summed E-state index contributed by atoms with van der Waals surface area (Å²) in [6.07, 6.45) is 1.05. The number of methoxy groups -OCH3 is 1. The van der Waals surface area contributed by atoms with Crippen molar-refractivity contribution in [1.29, 1.82) is 0 Å². The molecule has 0 bridgehead atoms. The molecule has 102 valence electrons. The molecule has 1 aromatic rings. The highest BCUT2D eigenvalue weighted by atomic mass is 32.2. The third-order valence-corrected chi connectivity index (χ3v) is 4.74. The third-order valence-electron chi connectivity index (χ3n) is 3.07. The van der Waals surface area contributed by atoms with Crippen LogP contribution in [0.1, 0.15) is 31.9 Å². The molecule has 3 nitrogen and oxygen atoms in total. The lowest BCUT2D eigenvalue weighted by Crippen LogP contribution is -2.22. The van der Waals surface area contributed by atoms with Gasteiger partial charge in [-0.15, -0.1) is 0 Å². The number of rotatable bonds is 7. The van der Waals surface area contributed by atoms with Gasteiger partial charge in [-0.25, -0.2) is 0 Å². The normalized spacial score (nSPS) is 16.0. The average Bonchev–Trinajstić information content (AvgIpc) is 2.38. The molecular formula is C14H23NO2S. The van der Waals surface area contributed by atoms with Gasteiger partial charge >= 0.3 is 0 Å². The fraction of sp³-hybridized carbons (Fsp3) is 0.571. The Bertz CT molecular complexity index is 395. The molecule has 0 aromatic heterocycles. The van der Waals surface area contributed by atoms with Crippen molar-refractivity contribution in [2.24, 2.45) is 11.7 Å². The number of para-hydroxylation sites is 1. The van der Waals surface area contributed by atoms with Gasteiger partial charge in [-0.1, -0.05) is 38.5 Å². The van der Waals surface area contributed by atoms with E-state index in [4.69, 9.17) is 10.5 Å². The SMILES string of the molecule is CCC(C)CS(=O)CC(N)c1ccccc1OC. The maximum Gasteiger partial charge on any atom is 0.123 e. The zero-order valence-electron chi connectivity index (χ0n) is 11.4. The number of benzene rings is 1. The van der Waals surface area contributed by atoms with Gasteiger partial charge in [0.1, 0.15) is 5.75 Å². The number of hydrogen-bond acceptors (Lipinski definition) is 3. The molecule has 0 saturated heterocycles. The Balaban J connectivity index is 2.64. The fourth-order valence-electron chi connectivity index (χ4n) is 1.77. The number of nitrogens with two attached hydrogens (primary N) is 1. The van der Waals surface area contributed by atoms with E-state index in [-0.39, 0.29) is 6.04 Å². The highest BCUT2D eigenvalue weighted by molar-refractivity contribution is 7.85. The van der Waals surface area contributed by atoms with Crippen LogP contribution in [0.25, 0.3) is 0 Å². The van der Waals surface area contributed by atoms with Crippen LogP contribution in [0, 0.1) is 5.92 Å². The molecule has 3 atom stereocenters. The van der Waals surface area contributed by atoms with Crippen molar-refractivity contribution in [1.82, 2.24) is 0 Å². The summed E-state index contributed by atoms with van der Waals surface area (Å²) in [5, 5.41) is 0. The van der Waals surface area contributed by atoms with Gasteiger partial charge in [-0.3, -0.25) is 4.21 Å². The highest BCUT2D eigenvalue weighted by Gasteiger charge is 2.15. The average molecular weight is 269 g/mol. The molecule has 0 amide bonds. The van der Waals surface area contributed by atoms with Gasteiger partial charge in [0.2, 0.25) is 0 Å².